The Kier molecular flexibility index (Phi) is 4.55. The molecule has 1 saturated heterocycles. The van der Waals surface area contributed by atoms with Crippen LogP contribution in [0.5, 0.6) is 0 Å². The van der Waals surface area contributed by atoms with Crippen LogP contribution in [0.25, 0.3) is 0 Å². The maximum absolute atomic E-state index is 11.9. The smallest absolute Gasteiger partial charge is 0.407 e. The molecule has 0 saturated carbocycles. The Morgan fingerprint density at radius 3 is 2.70 bits per heavy atom. The van der Waals surface area contributed by atoms with Gasteiger partial charge in [-0.3, -0.25) is 0 Å². The minimum absolute atomic E-state index is 0.00949. The van der Waals surface area contributed by atoms with Gasteiger partial charge in [0.1, 0.15) is 5.60 Å². The van der Waals surface area contributed by atoms with Gasteiger partial charge in [0, 0.05) is 24.0 Å². The first kappa shape index (κ1) is 15.1. The summed E-state index contributed by atoms with van der Waals surface area (Å²) in [6.07, 6.45) is -0.386. The molecule has 1 amide bonds. The SMILES string of the molecule is CC(C)(C)OC(=O)NC1CNCC1c1ccccc1Cl. The summed E-state index contributed by atoms with van der Waals surface area (Å²) in [6, 6.07) is 7.74. The quantitative estimate of drug-likeness (QED) is 0.882. The van der Waals surface area contributed by atoms with E-state index in [1.165, 1.54) is 0 Å². The van der Waals surface area contributed by atoms with Gasteiger partial charge in [-0.2, -0.15) is 0 Å². The molecule has 2 N–H and O–H groups in total. The molecular weight excluding hydrogens is 276 g/mol. The van der Waals surface area contributed by atoms with Gasteiger partial charge in [0.05, 0.1) is 6.04 Å². The monoisotopic (exact) mass is 296 g/mol. The summed E-state index contributed by atoms with van der Waals surface area (Å²) >= 11 is 6.24. The molecule has 0 radical (unpaired) electrons. The molecule has 0 bridgehead atoms. The van der Waals surface area contributed by atoms with Crippen molar-refractivity contribution in [2.24, 2.45) is 0 Å². The van der Waals surface area contributed by atoms with E-state index >= 15 is 0 Å². The Hall–Kier alpha value is -1.26. The number of alkyl carbamates (subject to hydrolysis) is 1. The largest absolute Gasteiger partial charge is 0.444 e. The van der Waals surface area contributed by atoms with Crippen LogP contribution in [0.3, 0.4) is 0 Å². The fourth-order valence-corrected chi connectivity index (χ4v) is 2.67. The minimum Gasteiger partial charge on any atom is -0.444 e. The average Bonchev–Trinajstić information content (AvgIpc) is 2.75. The lowest BCUT2D eigenvalue weighted by Crippen LogP contribution is -2.42. The Morgan fingerprint density at radius 1 is 1.35 bits per heavy atom. The third-order valence-electron chi connectivity index (χ3n) is 3.22. The van der Waals surface area contributed by atoms with Crippen molar-refractivity contribution in [1.29, 1.82) is 0 Å². The van der Waals surface area contributed by atoms with E-state index in [4.69, 9.17) is 16.3 Å². The minimum atomic E-state index is -0.490. The first-order valence-corrected chi connectivity index (χ1v) is 7.19. The zero-order valence-corrected chi connectivity index (χ0v) is 12.8. The predicted molar refractivity (Wildman–Crippen MR) is 80.2 cm³/mol. The van der Waals surface area contributed by atoms with E-state index in [1.54, 1.807) is 0 Å². The first-order valence-electron chi connectivity index (χ1n) is 6.81. The Labute approximate surface area is 124 Å². The van der Waals surface area contributed by atoms with Crippen LogP contribution in [0.15, 0.2) is 24.3 Å². The van der Waals surface area contributed by atoms with Crippen LogP contribution in [0, 0.1) is 0 Å². The molecule has 110 valence electrons. The summed E-state index contributed by atoms with van der Waals surface area (Å²) < 4.78 is 5.30. The zero-order chi connectivity index (χ0) is 14.8. The Morgan fingerprint density at radius 2 is 2.05 bits per heavy atom. The molecule has 1 aromatic rings. The van der Waals surface area contributed by atoms with Crippen molar-refractivity contribution < 1.29 is 9.53 Å². The van der Waals surface area contributed by atoms with Gasteiger partial charge < -0.3 is 15.4 Å². The highest BCUT2D eigenvalue weighted by Crippen LogP contribution is 2.29. The number of hydrogen-bond donors (Lipinski definition) is 2. The highest BCUT2D eigenvalue weighted by Gasteiger charge is 2.32. The maximum Gasteiger partial charge on any atom is 0.407 e. The van der Waals surface area contributed by atoms with Crippen molar-refractivity contribution in [3.63, 3.8) is 0 Å². The molecule has 4 nitrogen and oxygen atoms in total. The number of benzene rings is 1. The first-order chi connectivity index (χ1) is 9.37. The number of hydrogen-bond acceptors (Lipinski definition) is 3. The van der Waals surface area contributed by atoms with E-state index in [0.29, 0.717) is 0 Å². The fraction of sp³-hybridized carbons (Fsp3) is 0.533. The van der Waals surface area contributed by atoms with Crippen LogP contribution in [-0.2, 0) is 4.74 Å². The summed E-state index contributed by atoms with van der Waals surface area (Å²) in [5, 5.41) is 6.95. The number of amides is 1. The van der Waals surface area contributed by atoms with E-state index in [9.17, 15) is 4.79 Å². The highest BCUT2D eigenvalue weighted by molar-refractivity contribution is 6.31. The number of nitrogens with one attached hydrogen (secondary N) is 2. The molecule has 1 heterocycles. The summed E-state index contributed by atoms with van der Waals surface area (Å²) in [7, 11) is 0. The molecule has 1 aliphatic heterocycles. The van der Waals surface area contributed by atoms with Gasteiger partial charge in [-0.15, -0.1) is 0 Å². The van der Waals surface area contributed by atoms with Gasteiger partial charge in [-0.05, 0) is 32.4 Å². The fourth-order valence-electron chi connectivity index (χ4n) is 2.39. The zero-order valence-electron chi connectivity index (χ0n) is 12.1. The standard InChI is InChI=1S/C15H21ClN2O2/c1-15(2,3)20-14(19)18-13-9-17-8-11(13)10-6-4-5-7-12(10)16/h4-7,11,13,17H,8-9H2,1-3H3,(H,18,19). The van der Waals surface area contributed by atoms with Crippen LogP contribution in [-0.4, -0.2) is 30.8 Å². The number of carbonyl (C=O) groups is 1. The third kappa shape index (κ3) is 3.87. The lowest BCUT2D eigenvalue weighted by atomic mass is 9.94. The Bertz CT molecular complexity index is 485. The summed E-state index contributed by atoms with van der Waals surface area (Å²) in [4.78, 5) is 11.9. The number of halogens is 1. The van der Waals surface area contributed by atoms with Crippen molar-refractivity contribution in [3.05, 3.63) is 34.9 Å². The van der Waals surface area contributed by atoms with Gasteiger partial charge >= 0.3 is 6.09 Å². The summed E-state index contributed by atoms with van der Waals surface area (Å²) in [5.74, 6) is 0.163. The van der Waals surface area contributed by atoms with E-state index < -0.39 is 5.60 Å². The van der Waals surface area contributed by atoms with Crippen LogP contribution in [0.1, 0.15) is 32.3 Å². The van der Waals surface area contributed by atoms with Gasteiger partial charge in [0.15, 0.2) is 0 Å². The second kappa shape index (κ2) is 6.02. The van der Waals surface area contributed by atoms with Crippen LogP contribution < -0.4 is 10.6 Å². The molecule has 1 aliphatic rings. The molecule has 2 rings (SSSR count). The second-order valence-corrected chi connectivity index (χ2v) is 6.45. The van der Waals surface area contributed by atoms with E-state index in [0.717, 1.165) is 23.7 Å². The average molecular weight is 297 g/mol. The van der Waals surface area contributed by atoms with E-state index in [2.05, 4.69) is 10.6 Å². The van der Waals surface area contributed by atoms with Crippen LogP contribution >= 0.6 is 11.6 Å². The van der Waals surface area contributed by atoms with E-state index in [1.807, 2.05) is 45.0 Å². The number of ether oxygens (including phenoxy) is 1. The maximum atomic E-state index is 11.9. The molecule has 2 atom stereocenters. The van der Waals surface area contributed by atoms with Crippen molar-refractivity contribution in [2.75, 3.05) is 13.1 Å². The molecule has 0 aliphatic carbocycles. The van der Waals surface area contributed by atoms with Crippen LogP contribution in [0.2, 0.25) is 5.02 Å². The van der Waals surface area contributed by atoms with Crippen molar-refractivity contribution in [3.8, 4) is 0 Å². The lowest BCUT2D eigenvalue weighted by molar-refractivity contribution is 0.0504. The Balaban J connectivity index is 2.05. The highest BCUT2D eigenvalue weighted by atomic mass is 35.5. The number of carbonyl (C=O) groups excluding carboxylic acids is 1. The molecule has 2 unspecified atom stereocenters. The van der Waals surface area contributed by atoms with Gasteiger partial charge in [-0.1, -0.05) is 29.8 Å². The molecule has 1 aromatic carbocycles. The molecular formula is C15H21ClN2O2. The second-order valence-electron chi connectivity index (χ2n) is 6.04. The topological polar surface area (TPSA) is 50.4 Å². The van der Waals surface area contributed by atoms with Crippen molar-refractivity contribution >= 4 is 17.7 Å². The van der Waals surface area contributed by atoms with Gasteiger partial charge in [0.2, 0.25) is 0 Å². The summed E-state index contributed by atoms with van der Waals surface area (Å²) in [6.45, 7) is 7.07. The predicted octanol–water partition coefficient (Wildman–Crippen LogP) is 2.92. The molecule has 0 aromatic heterocycles. The number of rotatable bonds is 2. The lowest BCUT2D eigenvalue weighted by Gasteiger charge is -2.24. The normalized spacial score (nSPS) is 22.6. The summed E-state index contributed by atoms with van der Waals surface area (Å²) in [5.41, 5.74) is 0.566. The van der Waals surface area contributed by atoms with Gasteiger partial charge in [-0.25, -0.2) is 4.79 Å². The van der Waals surface area contributed by atoms with Gasteiger partial charge in [0.25, 0.3) is 0 Å². The van der Waals surface area contributed by atoms with Crippen LogP contribution in [0.4, 0.5) is 4.79 Å². The molecule has 5 heteroatoms. The molecule has 0 spiro atoms. The van der Waals surface area contributed by atoms with E-state index in [-0.39, 0.29) is 18.1 Å². The molecule has 20 heavy (non-hydrogen) atoms. The van der Waals surface area contributed by atoms with Crippen molar-refractivity contribution in [1.82, 2.24) is 10.6 Å². The van der Waals surface area contributed by atoms with Crippen molar-refractivity contribution in [2.45, 2.75) is 38.3 Å². The third-order valence-corrected chi connectivity index (χ3v) is 3.57. The molecule has 1 fully saturated rings.